The van der Waals surface area contributed by atoms with E-state index in [9.17, 15) is 4.79 Å². The zero-order chi connectivity index (χ0) is 11.3. The average molecular weight is 205 g/mol. The Bertz CT molecular complexity index is 333. The maximum absolute atomic E-state index is 10.4. The number of nitrogens with one attached hydrogen (secondary N) is 1. The fraction of sp³-hybridized carbons (Fsp3) is 0.462. The van der Waals surface area contributed by atoms with Gasteiger partial charge in [0.1, 0.15) is 0 Å². The molecule has 0 radical (unpaired) electrons. The van der Waals surface area contributed by atoms with Crippen molar-refractivity contribution in [3.63, 3.8) is 0 Å². The van der Waals surface area contributed by atoms with Gasteiger partial charge >= 0.3 is 0 Å². The number of benzene rings is 1. The van der Waals surface area contributed by atoms with E-state index in [0.29, 0.717) is 0 Å². The molecular formula is C13H19NO. The number of carbonyl (C=O) groups is 1. The first kappa shape index (κ1) is 11.8. The Morgan fingerprint density at radius 3 is 2.60 bits per heavy atom. The van der Waals surface area contributed by atoms with Crippen LogP contribution in [0.3, 0.4) is 0 Å². The molecule has 1 rings (SSSR count). The molecule has 1 aromatic rings. The largest absolute Gasteiger partial charge is 0.356 e. The zero-order valence-corrected chi connectivity index (χ0v) is 9.71. The number of hydrogen-bond acceptors (Lipinski definition) is 1. The first-order valence-corrected chi connectivity index (χ1v) is 5.43. The lowest BCUT2D eigenvalue weighted by atomic mass is 10.00. The molecule has 0 aliphatic rings. The van der Waals surface area contributed by atoms with Crippen LogP contribution in [0.5, 0.6) is 0 Å². The van der Waals surface area contributed by atoms with Gasteiger partial charge in [0.2, 0.25) is 6.41 Å². The molecule has 0 saturated carbocycles. The number of amides is 1. The predicted octanol–water partition coefficient (Wildman–Crippen LogP) is 2.37. The summed E-state index contributed by atoms with van der Waals surface area (Å²) in [7, 11) is 0. The Labute approximate surface area is 91.7 Å². The van der Waals surface area contributed by atoms with E-state index < -0.39 is 0 Å². The first-order chi connectivity index (χ1) is 7.17. The molecule has 1 unspecified atom stereocenters. The molecular weight excluding hydrogens is 186 g/mol. The SMILES string of the molecule is CCC(Cc1ccc(C)c(C)c1)NC=O. The normalized spacial score (nSPS) is 12.2. The second-order valence-electron chi connectivity index (χ2n) is 4.01. The summed E-state index contributed by atoms with van der Waals surface area (Å²) in [5.41, 5.74) is 3.92. The van der Waals surface area contributed by atoms with E-state index in [0.717, 1.165) is 19.3 Å². The summed E-state index contributed by atoms with van der Waals surface area (Å²) in [5.74, 6) is 0. The molecule has 1 aromatic carbocycles. The molecule has 82 valence electrons. The van der Waals surface area contributed by atoms with Gasteiger partial charge < -0.3 is 5.32 Å². The second kappa shape index (κ2) is 5.54. The van der Waals surface area contributed by atoms with Gasteiger partial charge in [-0.15, -0.1) is 0 Å². The molecule has 0 aromatic heterocycles. The summed E-state index contributed by atoms with van der Waals surface area (Å²) in [5, 5.41) is 2.83. The molecule has 0 aliphatic heterocycles. The van der Waals surface area contributed by atoms with Crippen LogP contribution in [0.25, 0.3) is 0 Å². The third kappa shape index (κ3) is 3.39. The minimum atomic E-state index is 0.254. The highest BCUT2D eigenvalue weighted by molar-refractivity contribution is 5.46. The van der Waals surface area contributed by atoms with Gasteiger partial charge in [-0.3, -0.25) is 4.79 Å². The summed E-state index contributed by atoms with van der Waals surface area (Å²) >= 11 is 0. The van der Waals surface area contributed by atoms with Crippen molar-refractivity contribution < 1.29 is 4.79 Å². The number of aryl methyl sites for hydroxylation is 2. The maximum atomic E-state index is 10.4. The van der Waals surface area contributed by atoms with Gasteiger partial charge in [-0.2, -0.15) is 0 Å². The Morgan fingerprint density at radius 1 is 1.33 bits per heavy atom. The van der Waals surface area contributed by atoms with E-state index in [4.69, 9.17) is 0 Å². The van der Waals surface area contributed by atoms with Crippen LogP contribution >= 0.6 is 0 Å². The number of carbonyl (C=O) groups excluding carboxylic acids is 1. The van der Waals surface area contributed by atoms with E-state index in [2.05, 4.69) is 44.3 Å². The molecule has 2 heteroatoms. The van der Waals surface area contributed by atoms with E-state index in [1.54, 1.807) is 0 Å². The highest BCUT2D eigenvalue weighted by Crippen LogP contribution is 2.12. The molecule has 0 aliphatic carbocycles. The molecule has 0 heterocycles. The lowest BCUT2D eigenvalue weighted by Gasteiger charge is -2.14. The average Bonchev–Trinajstić information content (AvgIpc) is 2.23. The topological polar surface area (TPSA) is 29.1 Å². The quantitative estimate of drug-likeness (QED) is 0.735. The van der Waals surface area contributed by atoms with Crippen LogP contribution in [-0.4, -0.2) is 12.5 Å². The van der Waals surface area contributed by atoms with E-state index in [1.807, 2.05) is 0 Å². The predicted molar refractivity (Wildman–Crippen MR) is 62.9 cm³/mol. The van der Waals surface area contributed by atoms with Crippen molar-refractivity contribution in [2.24, 2.45) is 0 Å². The Hall–Kier alpha value is -1.31. The fourth-order valence-electron chi connectivity index (χ4n) is 1.63. The summed E-state index contributed by atoms with van der Waals surface area (Å²) in [6.45, 7) is 6.31. The third-order valence-corrected chi connectivity index (χ3v) is 2.85. The second-order valence-corrected chi connectivity index (χ2v) is 4.01. The fourth-order valence-corrected chi connectivity index (χ4v) is 1.63. The molecule has 15 heavy (non-hydrogen) atoms. The number of hydrogen-bond donors (Lipinski definition) is 1. The molecule has 2 nitrogen and oxygen atoms in total. The van der Waals surface area contributed by atoms with Gasteiger partial charge in [0.15, 0.2) is 0 Å². The van der Waals surface area contributed by atoms with Crippen molar-refractivity contribution in [3.05, 3.63) is 34.9 Å². The molecule has 0 fully saturated rings. The Kier molecular flexibility index (Phi) is 4.35. The molecule has 0 saturated heterocycles. The molecule has 1 amide bonds. The number of rotatable bonds is 5. The summed E-state index contributed by atoms with van der Waals surface area (Å²) < 4.78 is 0. The summed E-state index contributed by atoms with van der Waals surface area (Å²) in [6, 6.07) is 6.73. The van der Waals surface area contributed by atoms with Crippen LogP contribution in [0.2, 0.25) is 0 Å². The first-order valence-electron chi connectivity index (χ1n) is 5.43. The minimum absolute atomic E-state index is 0.254. The van der Waals surface area contributed by atoms with Gasteiger partial charge in [0, 0.05) is 6.04 Å². The lowest BCUT2D eigenvalue weighted by Crippen LogP contribution is -2.29. The third-order valence-electron chi connectivity index (χ3n) is 2.85. The van der Waals surface area contributed by atoms with Crippen LogP contribution < -0.4 is 5.32 Å². The standard InChI is InChI=1S/C13H19NO/c1-4-13(14-9-15)8-12-6-5-10(2)11(3)7-12/h5-7,9,13H,4,8H2,1-3H3,(H,14,15). The zero-order valence-electron chi connectivity index (χ0n) is 9.71. The minimum Gasteiger partial charge on any atom is -0.356 e. The van der Waals surface area contributed by atoms with Gasteiger partial charge in [0.05, 0.1) is 0 Å². The maximum Gasteiger partial charge on any atom is 0.207 e. The van der Waals surface area contributed by atoms with E-state index in [1.165, 1.54) is 16.7 Å². The van der Waals surface area contributed by atoms with Crippen LogP contribution in [0.4, 0.5) is 0 Å². The van der Waals surface area contributed by atoms with Crippen LogP contribution in [0, 0.1) is 13.8 Å². The highest BCUT2D eigenvalue weighted by atomic mass is 16.1. The Balaban J connectivity index is 2.70. The van der Waals surface area contributed by atoms with Crippen molar-refractivity contribution in [1.29, 1.82) is 0 Å². The van der Waals surface area contributed by atoms with E-state index >= 15 is 0 Å². The Morgan fingerprint density at radius 2 is 2.07 bits per heavy atom. The molecule has 1 N–H and O–H groups in total. The van der Waals surface area contributed by atoms with E-state index in [-0.39, 0.29) is 6.04 Å². The lowest BCUT2D eigenvalue weighted by molar-refractivity contribution is -0.110. The van der Waals surface area contributed by atoms with Crippen LogP contribution in [0.15, 0.2) is 18.2 Å². The van der Waals surface area contributed by atoms with Crippen LogP contribution in [-0.2, 0) is 11.2 Å². The summed E-state index contributed by atoms with van der Waals surface area (Å²) in [6.07, 6.45) is 2.66. The van der Waals surface area contributed by atoms with Gasteiger partial charge in [0.25, 0.3) is 0 Å². The molecule has 0 spiro atoms. The van der Waals surface area contributed by atoms with Crippen molar-refractivity contribution in [1.82, 2.24) is 5.32 Å². The van der Waals surface area contributed by atoms with Crippen molar-refractivity contribution in [3.8, 4) is 0 Å². The van der Waals surface area contributed by atoms with Crippen molar-refractivity contribution in [2.75, 3.05) is 0 Å². The van der Waals surface area contributed by atoms with Crippen LogP contribution in [0.1, 0.15) is 30.0 Å². The highest BCUT2D eigenvalue weighted by Gasteiger charge is 2.06. The smallest absolute Gasteiger partial charge is 0.207 e. The van der Waals surface area contributed by atoms with Crippen molar-refractivity contribution in [2.45, 2.75) is 39.7 Å². The monoisotopic (exact) mass is 205 g/mol. The molecule has 0 bridgehead atoms. The van der Waals surface area contributed by atoms with Gasteiger partial charge in [-0.25, -0.2) is 0 Å². The molecule has 1 atom stereocenters. The van der Waals surface area contributed by atoms with Gasteiger partial charge in [-0.1, -0.05) is 25.1 Å². The van der Waals surface area contributed by atoms with Crippen molar-refractivity contribution >= 4 is 6.41 Å². The summed E-state index contributed by atoms with van der Waals surface area (Å²) in [4.78, 5) is 10.4. The van der Waals surface area contributed by atoms with Gasteiger partial charge in [-0.05, 0) is 43.4 Å².